The van der Waals surface area contributed by atoms with E-state index in [-0.39, 0.29) is 37.5 Å². The maximum atomic E-state index is 12.8. The number of alkyl halides is 6. The number of anilines is 2. The van der Waals surface area contributed by atoms with E-state index >= 15 is 0 Å². The third-order valence-electron chi connectivity index (χ3n) is 7.16. The molecular formula is C32H22Cl2F6N2O8S2. The number of para-hydroxylation sites is 2. The molecule has 0 aromatic heterocycles. The lowest BCUT2D eigenvalue weighted by atomic mass is 10.1. The maximum Gasteiger partial charge on any atom is 0.573 e. The molecule has 10 nitrogen and oxygen atoms in total. The molecule has 0 atom stereocenters. The van der Waals surface area contributed by atoms with Gasteiger partial charge in [0, 0.05) is 16.0 Å². The lowest BCUT2D eigenvalue weighted by Crippen LogP contribution is -2.30. The molecule has 6 rings (SSSR count). The molecule has 4 aromatic rings. The molecule has 0 saturated heterocycles. The first-order valence-corrected chi connectivity index (χ1v) is 17.7. The molecule has 0 aliphatic carbocycles. The van der Waals surface area contributed by atoms with Crippen molar-refractivity contribution in [2.24, 2.45) is 0 Å². The number of fused-ring (bicyclic) bond motifs is 2. The number of halogens is 8. The van der Waals surface area contributed by atoms with Crippen LogP contribution in [0.4, 0.5) is 37.7 Å². The van der Waals surface area contributed by atoms with E-state index in [9.17, 15) is 44.3 Å². The van der Waals surface area contributed by atoms with Gasteiger partial charge in [-0.2, -0.15) is 0 Å². The van der Waals surface area contributed by atoms with Crippen molar-refractivity contribution in [2.45, 2.75) is 22.5 Å². The van der Waals surface area contributed by atoms with Crippen LogP contribution in [0.3, 0.4) is 0 Å². The van der Waals surface area contributed by atoms with Crippen LogP contribution in [0, 0.1) is 0 Å². The van der Waals surface area contributed by atoms with Crippen molar-refractivity contribution in [2.75, 3.05) is 35.8 Å². The molecule has 4 aromatic carbocycles. The molecule has 0 bridgehead atoms. The largest absolute Gasteiger partial charge is 0.573 e. The summed E-state index contributed by atoms with van der Waals surface area (Å²) in [6, 6.07) is 17.2. The summed E-state index contributed by atoms with van der Waals surface area (Å²) in [4.78, 5) is 28.8. The van der Waals surface area contributed by atoms with Gasteiger partial charge in [0.2, 0.25) is 0 Å². The molecule has 0 saturated carbocycles. The normalized spacial score (nSPS) is 14.5. The zero-order valence-electron chi connectivity index (χ0n) is 26.3. The van der Waals surface area contributed by atoms with Gasteiger partial charge in [-0.15, -0.1) is 38.1 Å². The van der Waals surface area contributed by atoms with Crippen molar-refractivity contribution in [3.63, 3.8) is 0 Å². The molecule has 0 unspecified atom stereocenters. The van der Waals surface area contributed by atoms with Crippen molar-refractivity contribution in [1.29, 1.82) is 0 Å². The number of benzene rings is 4. The predicted molar refractivity (Wildman–Crippen MR) is 179 cm³/mol. The summed E-state index contributed by atoms with van der Waals surface area (Å²) in [6.45, 7) is 0. The first kappa shape index (κ1) is 38.7. The Labute approximate surface area is 305 Å². The van der Waals surface area contributed by atoms with Gasteiger partial charge in [-0.25, -0.2) is 8.42 Å². The monoisotopic (exact) mass is 810 g/mol. The minimum atomic E-state index is -5.04. The zero-order valence-corrected chi connectivity index (χ0v) is 29.5. The molecule has 52 heavy (non-hydrogen) atoms. The topological polar surface area (TPSA) is 112 Å². The second-order valence-corrected chi connectivity index (χ2v) is 14.2. The Bertz CT molecular complexity index is 2150. The smallest absolute Gasteiger partial charge is 0.491 e. The third-order valence-corrected chi connectivity index (χ3v) is 10.4. The number of thioether (sulfide) groups is 1. The lowest BCUT2D eigenvalue weighted by molar-refractivity contribution is -0.276. The second-order valence-electron chi connectivity index (χ2n) is 10.5. The van der Waals surface area contributed by atoms with Crippen LogP contribution < -0.4 is 28.7 Å². The molecule has 2 amide bonds. The molecule has 2 heterocycles. The van der Waals surface area contributed by atoms with Gasteiger partial charge in [-0.1, -0.05) is 47.5 Å². The number of hydrogen-bond donors (Lipinski definition) is 0. The second kappa shape index (κ2) is 14.8. The summed E-state index contributed by atoms with van der Waals surface area (Å²) >= 11 is 13.3. The molecule has 20 heteroatoms. The van der Waals surface area contributed by atoms with Crippen LogP contribution in [0.2, 0.25) is 10.0 Å². The van der Waals surface area contributed by atoms with Crippen LogP contribution in [0.1, 0.15) is 20.7 Å². The molecule has 0 fully saturated rings. The first-order valence-electron chi connectivity index (χ1n) is 14.3. The van der Waals surface area contributed by atoms with Gasteiger partial charge >= 0.3 is 12.7 Å². The van der Waals surface area contributed by atoms with Gasteiger partial charge in [0.25, 0.3) is 11.8 Å². The molecule has 0 radical (unpaired) electrons. The van der Waals surface area contributed by atoms with Crippen LogP contribution in [0.25, 0.3) is 0 Å². The highest BCUT2D eigenvalue weighted by Crippen LogP contribution is 2.43. The highest BCUT2D eigenvalue weighted by molar-refractivity contribution is 8.00. The zero-order chi connectivity index (χ0) is 38.2. The van der Waals surface area contributed by atoms with E-state index in [1.165, 1.54) is 48.0 Å². The highest BCUT2D eigenvalue weighted by atomic mass is 35.5. The van der Waals surface area contributed by atoms with Crippen molar-refractivity contribution >= 4 is 68.0 Å². The summed E-state index contributed by atoms with van der Waals surface area (Å²) < 4.78 is 118. The molecule has 0 spiro atoms. The molecule has 2 aliphatic heterocycles. The number of sulfone groups is 1. The quantitative estimate of drug-likeness (QED) is 0.177. The van der Waals surface area contributed by atoms with Crippen molar-refractivity contribution in [3.05, 3.63) is 94.0 Å². The van der Waals surface area contributed by atoms with Crippen molar-refractivity contribution in [3.8, 4) is 23.0 Å². The number of hydrogen-bond acceptors (Lipinski definition) is 9. The fourth-order valence-corrected chi connectivity index (χ4v) is 8.21. The van der Waals surface area contributed by atoms with Gasteiger partial charge in [-0.05, 0) is 48.5 Å². The van der Waals surface area contributed by atoms with Gasteiger partial charge in [-0.3, -0.25) is 19.4 Å². The van der Waals surface area contributed by atoms with Crippen molar-refractivity contribution < 1.29 is 63.3 Å². The number of nitrogens with zero attached hydrogens (tertiary/aromatic N) is 2. The number of rotatable bonds is 6. The summed E-state index contributed by atoms with van der Waals surface area (Å²) in [5.41, 5.74) is 0.518. The number of ether oxygens (including phenoxy) is 4. The summed E-state index contributed by atoms with van der Waals surface area (Å²) in [6.07, 6.45) is -9.98. The number of amides is 2. The van der Waals surface area contributed by atoms with E-state index < -0.39 is 57.5 Å². The molecular weight excluding hydrogens is 789 g/mol. The average Bonchev–Trinajstić information content (AvgIpc) is 3.61. The van der Waals surface area contributed by atoms with E-state index in [1.807, 2.05) is 12.1 Å². The fraction of sp³-hybridized carbons (Fsp3) is 0.188. The average molecular weight is 812 g/mol. The summed E-state index contributed by atoms with van der Waals surface area (Å²) in [5, 5.41) is -0.439. The van der Waals surface area contributed by atoms with E-state index in [0.717, 1.165) is 35.1 Å². The predicted octanol–water partition coefficient (Wildman–Crippen LogP) is 8.60. The van der Waals surface area contributed by atoms with Gasteiger partial charge in [0.05, 0.1) is 46.4 Å². The van der Waals surface area contributed by atoms with Crippen molar-refractivity contribution in [1.82, 2.24) is 0 Å². The van der Waals surface area contributed by atoms with Gasteiger partial charge in [0.1, 0.15) is 5.88 Å². The van der Waals surface area contributed by atoms with Gasteiger partial charge in [0.15, 0.2) is 32.8 Å². The van der Waals surface area contributed by atoms with Crippen LogP contribution in [0.15, 0.2) is 82.6 Å². The SMILES string of the molecule is COc1c(Cl)cc(C(=O)N2CS(=O)(=O)c3ccccc32)cc1OC(F)(F)F.COc1c(Cl)cc(C(=O)N2CSc3ccccc32)cc1OC(F)(F)F. The van der Waals surface area contributed by atoms with Crippen LogP contribution >= 0.6 is 35.0 Å². The van der Waals surface area contributed by atoms with E-state index in [0.29, 0.717) is 11.6 Å². The summed E-state index contributed by atoms with van der Waals surface area (Å²) in [5.74, 6) is -3.76. The van der Waals surface area contributed by atoms with E-state index in [4.69, 9.17) is 32.7 Å². The Morgan fingerprint density at radius 3 is 1.67 bits per heavy atom. The Kier molecular flexibility index (Phi) is 11.0. The van der Waals surface area contributed by atoms with Crippen LogP contribution in [0.5, 0.6) is 23.0 Å². The maximum absolute atomic E-state index is 12.8. The van der Waals surface area contributed by atoms with Crippen LogP contribution in [-0.4, -0.2) is 58.9 Å². The summed E-state index contributed by atoms with van der Waals surface area (Å²) in [7, 11) is -1.48. The minimum Gasteiger partial charge on any atom is -0.491 e. The molecule has 0 N–H and O–H groups in total. The lowest BCUT2D eigenvalue weighted by Gasteiger charge is -2.19. The van der Waals surface area contributed by atoms with Gasteiger partial charge < -0.3 is 18.9 Å². The Morgan fingerprint density at radius 2 is 1.17 bits per heavy atom. The third kappa shape index (κ3) is 8.40. The Balaban J connectivity index is 0.000000202. The standard InChI is InChI=1S/C16H11ClF3NO5S.C16H11ClF3NO3S/c1-25-14-10(17)6-9(7-12(14)26-16(18,19)20)15(22)21-8-27(23,24)13-5-3-2-4-11(13)21;1-23-14-10(17)6-9(7-12(14)24-16(18,19)20)15(22)21-8-25-13-5-3-2-4-11(13)21/h2-7H,8H2,1H3;2-7H,8H2,1H3. The Morgan fingerprint density at radius 1 is 0.712 bits per heavy atom. The minimum absolute atomic E-state index is 0.0256. The fourth-order valence-electron chi connectivity index (χ4n) is 5.09. The Hall–Kier alpha value is -4.52. The highest BCUT2D eigenvalue weighted by Gasteiger charge is 2.38. The molecule has 2 aliphatic rings. The number of carbonyl (C=O) groups excluding carboxylic acids is 2. The van der Waals surface area contributed by atoms with E-state index in [1.54, 1.807) is 18.2 Å². The number of methoxy groups -OCH3 is 2. The van der Waals surface area contributed by atoms with E-state index in [2.05, 4.69) is 9.47 Å². The van der Waals surface area contributed by atoms with Crippen LogP contribution in [-0.2, 0) is 9.84 Å². The first-order chi connectivity index (χ1) is 24.3. The number of carbonyl (C=O) groups is 2. The molecule has 276 valence electrons.